The predicted octanol–water partition coefficient (Wildman–Crippen LogP) is 3.32. The zero-order valence-corrected chi connectivity index (χ0v) is 12.2. The number of nitrogens with one attached hydrogen (secondary N) is 1. The summed E-state index contributed by atoms with van der Waals surface area (Å²) in [6, 6.07) is 4.77. The summed E-state index contributed by atoms with van der Waals surface area (Å²) >= 11 is 0. The van der Waals surface area contributed by atoms with E-state index in [1.807, 2.05) is 0 Å². The third-order valence-corrected chi connectivity index (χ3v) is 4.03. The largest absolute Gasteiger partial charge is 0.310 e. The first-order chi connectivity index (χ1) is 9.70. The molecule has 4 heteroatoms. The fraction of sp³-hybridized carbons (Fsp3) is 0.625. The molecule has 1 fully saturated rings. The van der Waals surface area contributed by atoms with Crippen molar-refractivity contribution in [1.29, 1.82) is 0 Å². The molecule has 0 amide bonds. The van der Waals surface area contributed by atoms with Gasteiger partial charge in [0.2, 0.25) is 0 Å². The van der Waals surface area contributed by atoms with Gasteiger partial charge in [-0.25, -0.2) is 8.78 Å². The SMILES string of the molecule is CCCCN1CCC(NCc2cccc(F)c2F)CC1. The molecule has 1 aromatic rings. The van der Waals surface area contributed by atoms with E-state index in [1.54, 1.807) is 12.1 Å². The van der Waals surface area contributed by atoms with Crippen molar-refractivity contribution < 1.29 is 8.78 Å². The molecular weight excluding hydrogens is 258 g/mol. The summed E-state index contributed by atoms with van der Waals surface area (Å²) in [6.45, 7) is 6.00. The molecule has 1 aliphatic heterocycles. The maximum Gasteiger partial charge on any atom is 0.163 e. The summed E-state index contributed by atoms with van der Waals surface area (Å²) in [5, 5.41) is 3.35. The van der Waals surface area contributed by atoms with E-state index in [4.69, 9.17) is 0 Å². The van der Waals surface area contributed by atoms with Gasteiger partial charge in [0, 0.05) is 18.2 Å². The van der Waals surface area contributed by atoms with Crippen LogP contribution in [0.15, 0.2) is 18.2 Å². The van der Waals surface area contributed by atoms with Crippen LogP contribution in [0.5, 0.6) is 0 Å². The van der Waals surface area contributed by atoms with Gasteiger partial charge in [-0.15, -0.1) is 0 Å². The molecule has 0 aromatic heterocycles. The lowest BCUT2D eigenvalue weighted by atomic mass is 10.0. The average molecular weight is 282 g/mol. The van der Waals surface area contributed by atoms with Gasteiger partial charge in [0.1, 0.15) is 0 Å². The van der Waals surface area contributed by atoms with Crippen LogP contribution in [-0.4, -0.2) is 30.6 Å². The first kappa shape index (κ1) is 15.4. The van der Waals surface area contributed by atoms with Crippen LogP contribution in [0.3, 0.4) is 0 Å². The molecule has 112 valence electrons. The van der Waals surface area contributed by atoms with Crippen molar-refractivity contribution in [2.75, 3.05) is 19.6 Å². The molecule has 2 nitrogen and oxygen atoms in total. The Bertz CT molecular complexity index is 415. The van der Waals surface area contributed by atoms with E-state index < -0.39 is 11.6 Å². The molecule has 1 heterocycles. The second-order valence-electron chi connectivity index (χ2n) is 5.56. The molecule has 1 saturated heterocycles. The second kappa shape index (κ2) is 7.70. The van der Waals surface area contributed by atoms with Gasteiger partial charge in [-0.3, -0.25) is 0 Å². The summed E-state index contributed by atoms with van der Waals surface area (Å²) in [7, 11) is 0. The van der Waals surface area contributed by atoms with Gasteiger partial charge in [-0.1, -0.05) is 25.5 Å². The van der Waals surface area contributed by atoms with Gasteiger partial charge < -0.3 is 10.2 Å². The van der Waals surface area contributed by atoms with Crippen LogP contribution in [0, 0.1) is 11.6 Å². The van der Waals surface area contributed by atoms with E-state index in [0.29, 0.717) is 18.2 Å². The molecule has 0 saturated carbocycles. The number of hydrogen-bond acceptors (Lipinski definition) is 2. The minimum absolute atomic E-state index is 0.406. The van der Waals surface area contributed by atoms with Crippen molar-refractivity contribution in [2.45, 2.75) is 45.2 Å². The molecule has 1 aromatic carbocycles. The molecule has 0 atom stereocenters. The van der Waals surface area contributed by atoms with Crippen molar-refractivity contribution in [3.05, 3.63) is 35.4 Å². The molecular formula is C16H24F2N2. The highest BCUT2D eigenvalue weighted by molar-refractivity contribution is 5.18. The minimum Gasteiger partial charge on any atom is -0.310 e. The molecule has 20 heavy (non-hydrogen) atoms. The Balaban J connectivity index is 1.74. The summed E-state index contributed by atoms with van der Waals surface area (Å²) in [5.74, 6) is -1.49. The Morgan fingerprint density at radius 3 is 2.70 bits per heavy atom. The zero-order chi connectivity index (χ0) is 14.4. The average Bonchev–Trinajstić information content (AvgIpc) is 2.48. The van der Waals surface area contributed by atoms with Crippen LogP contribution < -0.4 is 5.32 Å². The Kier molecular flexibility index (Phi) is 5.92. The number of hydrogen-bond donors (Lipinski definition) is 1. The lowest BCUT2D eigenvalue weighted by Gasteiger charge is -2.32. The van der Waals surface area contributed by atoms with Gasteiger partial charge in [0.15, 0.2) is 11.6 Å². The highest BCUT2D eigenvalue weighted by Crippen LogP contribution is 2.14. The maximum absolute atomic E-state index is 13.5. The van der Waals surface area contributed by atoms with E-state index >= 15 is 0 Å². The van der Waals surface area contributed by atoms with E-state index in [9.17, 15) is 8.78 Å². The Morgan fingerprint density at radius 1 is 1.25 bits per heavy atom. The summed E-state index contributed by atoms with van der Waals surface area (Å²) in [4.78, 5) is 2.49. The minimum atomic E-state index is -0.765. The highest BCUT2D eigenvalue weighted by Gasteiger charge is 2.18. The summed E-state index contributed by atoms with van der Waals surface area (Å²) in [6.07, 6.45) is 4.66. The van der Waals surface area contributed by atoms with Crippen LogP contribution in [0.2, 0.25) is 0 Å². The third-order valence-electron chi connectivity index (χ3n) is 4.03. The topological polar surface area (TPSA) is 15.3 Å². The number of halogens is 2. The van der Waals surface area contributed by atoms with Crippen LogP contribution >= 0.6 is 0 Å². The number of unbranched alkanes of at least 4 members (excludes halogenated alkanes) is 1. The zero-order valence-electron chi connectivity index (χ0n) is 12.2. The molecule has 0 radical (unpaired) electrons. The smallest absolute Gasteiger partial charge is 0.163 e. The fourth-order valence-electron chi connectivity index (χ4n) is 2.68. The fourth-order valence-corrected chi connectivity index (χ4v) is 2.68. The van der Waals surface area contributed by atoms with Gasteiger partial charge in [0.25, 0.3) is 0 Å². The van der Waals surface area contributed by atoms with Gasteiger partial charge in [0.05, 0.1) is 0 Å². The number of rotatable bonds is 6. The van der Waals surface area contributed by atoms with E-state index in [2.05, 4.69) is 17.1 Å². The van der Waals surface area contributed by atoms with E-state index in [1.165, 1.54) is 19.4 Å². The highest BCUT2D eigenvalue weighted by atomic mass is 19.2. The molecule has 0 aliphatic carbocycles. The van der Waals surface area contributed by atoms with Crippen molar-refractivity contribution in [3.63, 3.8) is 0 Å². The van der Waals surface area contributed by atoms with Gasteiger partial charge in [-0.2, -0.15) is 0 Å². The van der Waals surface area contributed by atoms with E-state index in [0.717, 1.165) is 32.0 Å². The molecule has 0 unspecified atom stereocenters. The Morgan fingerprint density at radius 2 is 2.00 bits per heavy atom. The number of piperidine rings is 1. The Labute approximate surface area is 120 Å². The van der Waals surface area contributed by atoms with Crippen molar-refractivity contribution in [1.82, 2.24) is 10.2 Å². The number of benzene rings is 1. The normalized spacial score (nSPS) is 17.6. The Hall–Kier alpha value is -1.00. The second-order valence-corrected chi connectivity index (χ2v) is 5.56. The maximum atomic E-state index is 13.5. The van der Waals surface area contributed by atoms with Crippen molar-refractivity contribution >= 4 is 0 Å². The summed E-state index contributed by atoms with van der Waals surface area (Å²) in [5.41, 5.74) is 0.415. The molecule has 1 N–H and O–H groups in total. The summed E-state index contributed by atoms with van der Waals surface area (Å²) < 4.78 is 26.6. The molecule has 1 aliphatic rings. The predicted molar refractivity (Wildman–Crippen MR) is 77.6 cm³/mol. The van der Waals surface area contributed by atoms with Gasteiger partial charge in [-0.05, 0) is 45.0 Å². The quantitative estimate of drug-likeness (QED) is 0.861. The molecule has 2 rings (SSSR count). The van der Waals surface area contributed by atoms with E-state index in [-0.39, 0.29) is 0 Å². The molecule has 0 spiro atoms. The van der Waals surface area contributed by atoms with Crippen LogP contribution in [0.1, 0.15) is 38.2 Å². The number of likely N-dealkylation sites (tertiary alicyclic amines) is 1. The first-order valence-corrected chi connectivity index (χ1v) is 7.59. The third kappa shape index (κ3) is 4.25. The van der Waals surface area contributed by atoms with Crippen LogP contribution in [0.4, 0.5) is 8.78 Å². The standard InChI is InChI=1S/C16H24F2N2/c1-2-3-9-20-10-7-14(8-11-20)19-12-13-5-4-6-15(17)16(13)18/h4-6,14,19H,2-3,7-12H2,1H3. The van der Waals surface area contributed by atoms with Crippen LogP contribution in [0.25, 0.3) is 0 Å². The number of nitrogens with zero attached hydrogens (tertiary/aromatic N) is 1. The van der Waals surface area contributed by atoms with Crippen LogP contribution in [-0.2, 0) is 6.54 Å². The monoisotopic (exact) mass is 282 g/mol. The van der Waals surface area contributed by atoms with Crippen molar-refractivity contribution in [2.24, 2.45) is 0 Å². The lowest BCUT2D eigenvalue weighted by molar-refractivity contribution is 0.194. The lowest BCUT2D eigenvalue weighted by Crippen LogP contribution is -2.42. The van der Waals surface area contributed by atoms with Gasteiger partial charge >= 0.3 is 0 Å². The first-order valence-electron chi connectivity index (χ1n) is 7.59. The molecule has 0 bridgehead atoms. The van der Waals surface area contributed by atoms with Crippen molar-refractivity contribution in [3.8, 4) is 0 Å².